The van der Waals surface area contributed by atoms with Gasteiger partial charge >= 0.3 is 17.9 Å². The third-order valence-corrected chi connectivity index (χ3v) is 10.6. The van der Waals surface area contributed by atoms with Crippen LogP contribution >= 0.6 is 0 Å². The minimum absolute atomic E-state index is 0.104. The number of allylic oxidation sites excluding steroid dienone is 9. The third-order valence-electron chi connectivity index (χ3n) is 10.6. The molecular weight excluding hydrogens is 733 g/mol. The summed E-state index contributed by atoms with van der Waals surface area (Å²) in [6, 6.07) is 0. The molecule has 0 heterocycles. The van der Waals surface area contributed by atoms with Crippen molar-refractivity contribution in [3.8, 4) is 0 Å². The maximum atomic E-state index is 12.7. The van der Waals surface area contributed by atoms with Crippen LogP contribution in [-0.2, 0) is 28.6 Å². The van der Waals surface area contributed by atoms with E-state index in [2.05, 4.69) is 69.4 Å². The number of carbonyl (C=O) groups excluding carboxylic acids is 3. The van der Waals surface area contributed by atoms with E-state index in [1.807, 2.05) is 6.08 Å². The third kappa shape index (κ3) is 46.0. The second kappa shape index (κ2) is 47.8. The zero-order chi connectivity index (χ0) is 43.0. The lowest BCUT2D eigenvalue weighted by atomic mass is 10.0. The number of hydrogen-bond donors (Lipinski definition) is 0. The minimum atomic E-state index is -0.812. The van der Waals surface area contributed by atoms with Crippen LogP contribution in [0.1, 0.15) is 239 Å². The van der Waals surface area contributed by atoms with Gasteiger partial charge in [-0.25, -0.2) is 0 Å². The molecule has 0 N–H and O–H groups in total. The fourth-order valence-electron chi connectivity index (χ4n) is 6.85. The molecule has 0 aliphatic rings. The normalized spacial score (nSPS) is 12.5. The first kappa shape index (κ1) is 56.1. The second-order valence-corrected chi connectivity index (χ2v) is 16.4. The Labute approximate surface area is 364 Å². The molecule has 0 spiro atoms. The van der Waals surface area contributed by atoms with Crippen molar-refractivity contribution in [2.45, 2.75) is 245 Å². The van der Waals surface area contributed by atoms with Gasteiger partial charge in [-0.3, -0.25) is 14.4 Å². The first-order valence-corrected chi connectivity index (χ1v) is 24.8. The molecule has 340 valence electrons. The summed E-state index contributed by atoms with van der Waals surface area (Å²) in [5, 5.41) is 0. The summed E-state index contributed by atoms with van der Waals surface area (Å²) in [7, 11) is 0. The largest absolute Gasteiger partial charge is 0.462 e. The van der Waals surface area contributed by atoms with E-state index in [1.54, 1.807) is 6.08 Å². The van der Waals surface area contributed by atoms with Crippen molar-refractivity contribution in [3.63, 3.8) is 0 Å². The van der Waals surface area contributed by atoms with Gasteiger partial charge in [-0.2, -0.15) is 0 Å². The molecule has 0 fully saturated rings. The van der Waals surface area contributed by atoms with Crippen LogP contribution in [0.4, 0.5) is 0 Å². The zero-order valence-corrected chi connectivity index (χ0v) is 38.8. The van der Waals surface area contributed by atoms with Crippen LogP contribution in [0, 0.1) is 0 Å². The summed E-state index contributed by atoms with van der Waals surface area (Å²) in [4.78, 5) is 37.7. The molecule has 6 heteroatoms. The summed E-state index contributed by atoms with van der Waals surface area (Å²) in [6.07, 6.45) is 58.1. The molecule has 0 radical (unpaired) electrons. The van der Waals surface area contributed by atoms with E-state index < -0.39 is 12.1 Å². The highest BCUT2D eigenvalue weighted by Crippen LogP contribution is 2.15. The Kier molecular flexibility index (Phi) is 45.4. The monoisotopic (exact) mass is 825 g/mol. The molecule has 1 unspecified atom stereocenters. The van der Waals surface area contributed by atoms with Gasteiger partial charge < -0.3 is 14.2 Å². The number of unbranched alkanes of at least 4 members (excludes halogenated alkanes) is 25. The average Bonchev–Trinajstić information content (AvgIpc) is 3.23. The van der Waals surface area contributed by atoms with E-state index in [-0.39, 0.29) is 31.6 Å². The van der Waals surface area contributed by atoms with Gasteiger partial charge in [0.15, 0.2) is 6.10 Å². The van der Waals surface area contributed by atoms with Crippen molar-refractivity contribution in [2.75, 3.05) is 13.2 Å². The number of carbonyl (C=O) groups is 3. The van der Waals surface area contributed by atoms with Crippen LogP contribution in [0.15, 0.2) is 60.8 Å². The summed E-state index contributed by atoms with van der Waals surface area (Å²) >= 11 is 0. The van der Waals surface area contributed by atoms with Gasteiger partial charge in [0.2, 0.25) is 0 Å². The van der Waals surface area contributed by atoms with Crippen LogP contribution < -0.4 is 0 Å². The van der Waals surface area contributed by atoms with Crippen molar-refractivity contribution in [2.24, 2.45) is 0 Å². The maximum absolute atomic E-state index is 12.7. The van der Waals surface area contributed by atoms with Gasteiger partial charge in [0.05, 0.1) is 6.42 Å². The highest BCUT2D eigenvalue weighted by molar-refractivity contribution is 5.72. The molecule has 6 nitrogen and oxygen atoms in total. The van der Waals surface area contributed by atoms with Gasteiger partial charge in [0, 0.05) is 12.8 Å². The van der Waals surface area contributed by atoms with Crippen molar-refractivity contribution >= 4 is 17.9 Å². The fourth-order valence-corrected chi connectivity index (χ4v) is 6.85. The SMILES string of the molecule is CC/C=C\C/C=C\C/C=C\CC(=O)OCC(COC(=O)CCCCCCCCCCCCCCCCCCC)OC(=O)CCCCCCCC/C=C\C=C/CCCCC. The van der Waals surface area contributed by atoms with Gasteiger partial charge in [0.25, 0.3) is 0 Å². The smallest absolute Gasteiger partial charge is 0.309 e. The Morgan fingerprint density at radius 2 is 0.763 bits per heavy atom. The van der Waals surface area contributed by atoms with E-state index in [9.17, 15) is 14.4 Å². The number of hydrogen-bond acceptors (Lipinski definition) is 6. The van der Waals surface area contributed by atoms with Crippen LogP contribution in [-0.4, -0.2) is 37.2 Å². The fraction of sp³-hybridized carbons (Fsp3) is 0.755. The Balaban J connectivity index is 4.37. The molecule has 0 amide bonds. The predicted molar refractivity (Wildman–Crippen MR) is 251 cm³/mol. The van der Waals surface area contributed by atoms with E-state index in [4.69, 9.17) is 14.2 Å². The van der Waals surface area contributed by atoms with Gasteiger partial charge in [-0.05, 0) is 57.8 Å². The first-order valence-electron chi connectivity index (χ1n) is 24.8. The molecule has 0 saturated heterocycles. The number of rotatable bonds is 44. The van der Waals surface area contributed by atoms with Crippen LogP contribution in [0.5, 0.6) is 0 Å². The molecule has 0 aromatic carbocycles. The molecular formula is C53H92O6. The second-order valence-electron chi connectivity index (χ2n) is 16.4. The molecule has 0 aliphatic carbocycles. The molecule has 0 rings (SSSR count). The van der Waals surface area contributed by atoms with Crippen LogP contribution in [0.25, 0.3) is 0 Å². The van der Waals surface area contributed by atoms with E-state index in [1.165, 1.54) is 128 Å². The van der Waals surface area contributed by atoms with E-state index in [0.717, 1.165) is 70.6 Å². The zero-order valence-electron chi connectivity index (χ0n) is 38.8. The summed E-state index contributed by atoms with van der Waals surface area (Å²) in [5.41, 5.74) is 0. The van der Waals surface area contributed by atoms with Crippen molar-refractivity contribution in [3.05, 3.63) is 60.8 Å². The molecule has 0 aromatic heterocycles. The lowest BCUT2D eigenvalue weighted by Gasteiger charge is -2.18. The summed E-state index contributed by atoms with van der Waals surface area (Å²) in [6.45, 7) is 6.39. The van der Waals surface area contributed by atoms with Gasteiger partial charge in [0.1, 0.15) is 13.2 Å². The van der Waals surface area contributed by atoms with Crippen molar-refractivity contribution in [1.82, 2.24) is 0 Å². The molecule has 1 atom stereocenters. The molecule has 0 aromatic rings. The number of esters is 3. The molecule has 0 saturated carbocycles. The minimum Gasteiger partial charge on any atom is -0.462 e. The van der Waals surface area contributed by atoms with Crippen LogP contribution in [0.2, 0.25) is 0 Å². The van der Waals surface area contributed by atoms with E-state index >= 15 is 0 Å². The summed E-state index contributed by atoms with van der Waals surface area (Å²) in [5.74, 6) is -1.04. The Morgan fingerprint density at radius 3 is 1.25 bits per heavy atom. The molecule has 0 bridgehead atoms. The standard InChI is InChI=1S/C53H92O6/c1-4-7-10-13-16-19-21-23-25-26-28-29-31-34-37-40-43-46-52(55)58-49-50(48-57-51(54)45-42-39-36-33-18-15-12-9-6-3)59-53(56)47-44-41-38-35-32-30-27-24-22-20-17-14-11-8-5-2/h9,12,17-18,20,22,24,33,39,42,50H,4-8,10-11,13-16,19,21,23,25-32,34-38,40-41,43-49H2,1-3H3/b12-9-,20-17-,24-22-,33-18-,42-39-. The first-order chi connectivity index (χ1) is 29.0. The van der Waals surface area contributed by atoms with Crippen LogP contribution in [0.3, 0.4) is 0 Å². The Hall–Kier alpha value is -2.89. The summed E-state index contributed by atoms with van der Waals surface area (Å²) < 4.78 is 16.6. The van der Waals surface area contributed by atoms with Gasteiger partial charge in [-0.1, -0.05) is 223 Å². The lowest BCUT2D eigenvalue weighted by molar-refractivity contribution is -0.166. The lowest BCUT2D eigenvalue weighted by Crippen LogP contribution is -2.30. The average molecular weight is 825 g/mol. The van der Waals surface area contributed by atoms with Crippen molar-refractivity contribution < 1.29 is 28.6 Å². The molecule has 59 heavy (non-hydrogen) atoms. The predicted octanol–water partition coefficient (Wildman–Crippen LogP) is 16.1. The Bertz CT molecular complexity index is 1090. The van der Waals surface area contributed by atoms with Gasteiger partial charge in [-0.15, -0.1) is 0 Å². The molecule has 0 aliphatic heterocycles. The topological polar surface area (TPSA) is 78.9 Å². The van der Waals surface area contributed by atoms with Crippen molar-refractivity contribution in [1.29, 1.82) is 0 Å². The highest BCUT2D eigenvalue weighted by Gasteiger charge is 2.19. The Morgan fingerprint density at radius 1 is 0.390 bits per heavy atom. The maximum Gasteiger partial charge on any atom is 0.309 e. The van der Waals surface area contributed by atoms with E-state index in [0.29, 0.717) is 12.8 Å². The quantitative estimate of drug-likeness (QED) is 0.0200. The highest BCUT2D eigenvalue weighted by atomic mass is 16.6. The number of ether oxygens (including phenoxy) is 3.